The van der Waals surface area contributed by atoms with E-state index in [-0.39, 0.29) is 11.6 Å². The number of benzene rings is 2. The normalized spacial score (nSPS) is 20.0. The minimum absolute atomic E-state index is 0.0648. The third-order valence-corrected chi connectivity index (χ3v) is 5.35. The van der Waals surface area contributed by atoms with Crippen molar-refractivity contribution in [2.45, 2.75) is 26.2 Å². The van der Waals surface area contributed by atoms with Crippen molar-refractivity contribution in [3.63, 3.8) is 0 Å². The Hall–Kier alpha value is -2.27. The first kappa shape index (κ1) is 18.5. The van der Waals surface area contributed by atoms with Gasteiger partial charge in [-0.1, -0.05) is 53.2 Å². The summed E-state index contributed by atoms with van der Waals surface area (Å²) in [4.78, 5) is 37.9. The number of rotatable bonds is 5. The van der Waals surface area contributed by atoms with Crippen molar-refractivity contribution in [1.29, 1.82) is 0 Å². The second kappa shape index (κ2) is 7.54. The lowest BCUT2D eigenvalue weighted by Gasteiger charge is -2.35. The van der Waals surface area contributed by atoms with Crippen LogP contribution in [0.5, 0.6) is 5.75 Å². The van der Waals surface area contributed by atoms with Crippen molar-refractivity contribution >= 4 is 33.5 Å². The number of ketones is 2. The molecule has 5 heteroatoms. The number of fused-ring (bicyclic) bond motifs is 1. The van der Waals surface area contributed by atoms with Crippen molar-refractivity contribution in [2.75, 3.05) is 0 Å². The molecule has 0 N–H and O–H groups in total. The lowest BCUT2D eigenvalue weighted by atomic mass is 9.70. The van der Waals surface area contributed by atoms with Crippen LogP contribution in [0.4, 0.5) is 0 Å². The van der Waals surface area contributed by atoms with Crippen LogP contribution >= 0.6 is 15.9 Å². The average Bonchev–Trinajstić information content (AvgIpc) is 2.63. The Morgan fingerprint density at radius 3 is 2.46 bits per heavy atom. The van der Waals surface area contributed by atoms with Gasteiger partial charge in [-0.2, -0.15) is 0 Å². The molecule has 0 aromatic heterocycles. The summed E-state index contributed by atoms with van der Waals surface area (Å²) < 4.78 is 6.19. The maximum atomic E-state index is 13.2. The van der Waals surface area contributed by atoms with E-state index in [9.17, 15) is 14.4 Å². The van der Waals surface area contributed by atoms with Gasteiger partial charge in [-0.3, -0.25) is 14.4 Å². The first-order chi connectivity index (χ1) is 12.4. The van der Waals surface area contributed by atoms with Crippen LogP contribution < -0.4 is 4.74 Å². The second-order valence-corrected chi connectivity index (χ2v) is 7.38. The van der Waals surface area contributed by atoms with Gasteiger partial charge >= 0.3 is 5.97 Å². The maximum absolute atomic E-state index is 13.2. The molecule has 0 spiro atoms. The molecular formula is C21H19BrO4. The molecule has 0 bridgehead atoms. The molecule has 26 heavy (non-hydrogen) atoms. The van der Waals surface area contributed by atoms with E-state index >= 15 is 0 Å². The highest BCUT2D eigenvalue weighted by molar-refractivity contribution is 9.10. The molecule has 1 heterocycles. The fourth-order valence-corrected chi connectivity index (χ4v) is 4.04. The Morgan fingerprint density at radius 1 is 1.15 bits per heavy atom. The number of carbonyl (C=O) groups is 3. The van der Waals surface area contributed by atoms with Crippen LogP contribution in [0.2, 0.25) is 0 Å². The van der Waals surface area contributed by atoms with E-state index in [1.54, 1.807) is 24.3 Å². The number of halogens is 1. The zero-order chi connectivity index (χ0) is 18.8. The quantitative estimate of drug-likeness (QED) is 0.311. The van der Waals surface area contributed by atoms with E-state index in [4.69, 9.17) is 4.74 Å². The summed E-state index contributed by atoms with van der Waals surface area (Å²) in [6, 6.07) is 14.3. The van der Waals surface area contributed by atoms with Gasteiger partial charge in [0, 0.05) is 27.4 Å². The number of esters is 1. The molecular weight excluding hydrogens is 396 g/mol. The van der Waals surface area contributed by atoms with Crippen LogP contribution in [0.15, 0.2) is 53.0 Å². The van der Waals surface area contributed by atoms with Gasteiger partial charge in [-0.15, -0.1) is 0 Å². The number of ether oxygens (including phenoxy) is 1. The SMILES string of the molecule is CC[C@@H](C(=O)c1ccccc1)[C@H]1c2cc(Br)ccc2OC(=O)[C@@H]1C(C)=O. The first-order valence-electron chi connectivity index (χ1n) is 8.55. The molecule has 1 aliphatic rings. The van der Waals surface area contributed by atoms with Gasteiger partial charge in [0.1, 0.15) is 17.5 Å². The van der Waals surface area contributed by atoms with E-state index in [0.717, 1.165) is 10.0 Å². The highest BCUT2D eigenvalue weighted by Crippen LogP contribution is 2.45. The van der Waals surface area contributed by atoms with E-state index in [1.807, 2.05) is 31.2 Å². The highest BCUT2D eigenvalue weighted by Gasteiger charge is 2.46. The fourth-order valence-electron chi connectivity index (χ4n) is 3.66. The van der Waals surface area contributed by atoms with E-state index in [2.05, 4.69) is 15.9 Å². The van der Waals surface area contributed by atoms with Crippen LogP contribution in [0, 0.1) is 11.8 Å². The monoisotopic (exact) mass is 414 g/mol. The van der Waals surface area contributed by atoms with Crippen LogP contribution in [0.1, 0.15) is 42.1 Å². The summed E-state index contributed by atoms with van der Waals surface area (Å²) in [6.45, 7) is 3.28. The molecule has 0 saturated carbocycles. The van der Waals surface area contributed by atoms with Gasteiger partial charge in [0.2, 0.25) is 0 Å². The third-order valence-electron chi connectivity index (χ3n) is 4.86. The molecule has 0 aliphatic carbocycles. The fraction of sp³-hybridized carbons (Fsp3) is 0.286. The summed E-state index contributed by atoms with van der Waals surface area (Å²) in [5, 5.41) is 0. The summed E-state index contributed by atoms with van der Waals surface area (Å²) in [7, 11) is 0. The molecule has 2 aromatic carbocycles. The van der Waals surface area contributed by atoms with Crippen molar-refractivity contribution in [3.8, 4) is 5.75 Å². The molecule has 0 unspecified atom stereocenters. The van der Waals surface area contributed by atoms with Gasteiger partial charge in [0.25, 0.3) is 0 Å². The van der Waals surface area contributed by atoms with Crippen LogP contribution in [0.25, 0.3) is 0 Å². The van der Waals surface area contributed by atoms with Crippen LogP contribution in [-0.4, -0.2) is 17.5 Å². The van der Waals surface area contributed by atoms with Crippen molar-refractivity contribution in [1.82, 2.24) is 0 Å². The molecule has 0 radical (unpaired) electrons. The molecule has 3 atom stereocenters. The summed E-state index contributed by atoms with van der Waals surface area (Å²) in [5.74, 6) is -2.54. The number of hydrogen-bond acceptors (Lipinski definition) is 4. The molecule has 4 nitrogen and oxygen atoms in total. The summed E-state index contributed by atoms with van der Waals surface area (Å²) >= 11 is 3.43. The average molecular weight is 415 g/mol. The van der Waals surface area contributed by atoms with E-state index < -0.39 is 23.7 Å². The smallest absolute Gasteiger partial charge is 0.322 e. The standard InChI is InChI=1S/C21H19BrO4/c1-3-15(20(24)13-7-5-4-6-8-13)19-16-11-14(22)9-10-17(16)26-21(25)18(19)12(2)23/h4-11,15,18-19H,3H2,1-2H3/t15-,18-,19+/m1/s1. The Bertz CT molecular complexity index is 860. The predicted octanol–water partition coefficient (Wildman–Crippen LogP) is 4.57. The van der Waals surface area contributed by atoms with Crippen molar-refractivity contribution in [3.05, 3.63) is 64.1 Å². The van der Waals surface area contributed by atoms with E-state index in [0.29, 0.717) is 17.7 Å². The largest absolute Gasteiger partial charge is 0.426 e. The van der Waals surface area contributed by atoms with E-state index in [1.165, 1.54) is 6.92 Å². The highest BCUT2D eigenvalue weighted by atomic mass is 79.9. The van der Waals surface area contributed by atoms with Crippen LogP contribution in [0.3, 0.4) is 0 Å². The van der Waals surface area contributed by atoms with Gasteiger partial charge in [-0.25, -0.2) is 0 Å². The molecule has 2 aromatic rings. The summed E-state index contributed by atoms with van der Waals surface area (Å²) in [5.41, 5.74) is 1.30. The molecule has 0 fully saturated rings. The molecule has 0 amide bonds. The van der Waals surface area contributed by atoms with Gasteiger partial charge in [0.15, 0.2) is 5.78 Å². The number of hydrogen-bond donors (Lipinski definition) is 0. The molecule has 134 valence electrons. The zero-order valence-corrected chi connectivity index (χ0v) is 16.2. The third kappa shape index (κ3) is 3.36. The van der Waals surface area contributed by atoms with Crippen LogP contribution in [-0.2, 0) is 9.59 Å². The van der Waals surface area contributed by atoms with Gasteiger partial charge in [-0.05, 0) is 31.5 Å². The van der Waals surface area contributed by atoms with Crippen molar-refractivity contribution in [2.24, 2.45) is 11.8 Å². The number of carbonyl (C=O) groups excluding carboxylic acids is 3. The first-order valence-corrected chi connectivity index (χ1v) is 9.34. The Kier molecular flexibility index (Phi) is 5.37. The maximum Gasteiger partial charge on any atom is 0.322 e. The Morgan fingerprint density at radius 2 is 1.85 bits per heavy atom. The Labute approximate surface area is 160 Å². The zero-order valence-electron chi connectivity index (χ0n) is 14.6. The molecule has 3 rings (SSSR count). The number of Topliss-reactive ketones (excluding diaryl/α,β-unsaturated/α-hetero) is 2. The van der Waals surface area contributed by atoms with Gasteiger partial charge < -0.3 is 4.74 Å². The lowest BCUT2D eigenvalue weighted by molar-refractivity contribution is -0.146. The minimum atomic E-state index is -0.977. The second-order valence-electron chi connectivity index (χ2n) is 6.46. The lowest BCUT2D eigenvalue weighted by Crippen LogP contribution is -2.41. The van der Waals surface area contributed by atoms with Gasteiger partial charge in [0.05, 0.1) is 0 Å². The molecule has 1 aliphatic heterocycles. The molecule has 0 saturated heterocycles. The predicted molar refractivity (Wildman–Crippen MR) is 101 cm³/mol. The topological polar surface area (TPSA) is 60.4 Å². The Balaban J connectivity index is 2.14. The minimum Gasteiger partial charge on any atom is -0.426 e. The summed E-state index contributed by atoms with van der Waals surface area (Å²) in [6.07, 6.45) is 0.515. The van der Waals surface area contributed by atoms with Crippen molar-refractivity contribution < 1.29 is 19.1 Å².